The van der Waals surface area contributed by atoms with Gasteiger partial charge in [-0.05, 0) is 59.4 Å². The number of hydrogen-bond acceptors (Lipinski definition) is 10. The third-order valence-electron chi connectivity index (χ3n) is 6.29. The normalized spacial score (nSPS) is 11.5. The Morgan fingerprint density at radius 2 is 1.54 bits per heavy atom. The average Bonchev–Trinajstić information content (AvgIpc) is 3.32. The van der Waals surface area contributed by atoms with E-state index in [2.05, 4.69) is 48.5 Å². The highest BCUT2D eigenvalue weighted by Gasteiger charge is 2.21. The van der Waals surface area contributed by atoms with Crippen LogP contribution in [0.15, 0.2) is 103 Å². The minimum Gasteiger partial charge on any atom is -0.497 e. The number of aryl methyl sites for hydroxylation is 1. The maximum absolute atomic E-state index is 12.9. The maximum Gasteiger partial charge on any atom is 0.519 e. The molecule has 0 saturated heterocycles. The summed E-state index contributed by atoms with van der Waals surface area (Å²) in [4.78, 5) is 24.2. The second-order valence-electron chi connectivity index (χ2n) is 9.40. The van der Waals surface area contributed by atoms with Crippen LogP contribution in [0.3, 0.4) is 0 Å². The summed E-state index contributed by atoms with van der Waals surface area (Å²) in [5, 5.41) is 6.42. The molecule has 10 heteroatoms. The number of benzene rings is 3. The predicted molar refractivity (Wildman–Crippen MR) is 150 cm³/mol. The first-order valence-electron chi connectivity index (χ1n) is 12.9. The van der Waals surface area contributed by atoms with Gasteiger partial charge in [0.1, 0.15) is 11.5 Å². The first-order chi connectivity index (χ1) is 19.8. The Bertz CT molecular complexity index is 1570. The van der Waals surface area contributed by atoms with E-state index < -0.39 is 17.5 Å². The number of nitrogens with zero attached hydrogens (tertiary/aromatic N) is 1. The van der Waals surface area contributed by atoms with Crippen molar-refractivity contribution in [2.24, 2.45) is 5.11 Å². The van der Waals surface area contributed by atoms with E-state index >= 15 is 0 Å². The quantitative estimate of drug-likeness (QED) is 0.0877. The van der Waals surface area contributed by atoms with Crippen LogP contribution in [0.2, 0.25) is 0 Å². The standard InChI is InChI=1S/C31H31N3O7/c1-19(2)22-7-9-23(10-8-22)24-11-15-26(16-12-24)40-29(33-17-21-5-13-25(37-4)14-6-21)28(34-32)30(35)38-18-27-20(3)39-31(36)41-27/h5-16,19,32-33H,17-18H2,1-4H3/b29-28+,34-32?. The van der Waals surface area contributed by atoms with Gasteiger partial charge in [0.25, 0.3) is 0 Å². The highest BCUT2D eigenvalue weighted by atomic mass is 16.6. The van der Waals surface area contributed by atoms with Crippen molar-refractivity contribution in [1.82, 2.24) is 5.32 Å². The van der Waals surface area contributed by atoms with Crippen LogP contribution in [0.25, 0.3) is 11.1 Å². The molecule has 0 unspecified atom stereocenters. The lowest BCUT2D eigenvalue weighted by Gasteiger charge is -2.15. The Hall–Kier alpha value is -5.12. The Labute approximate surface area is 237 Å². The van der Waals surface area contributed by atoms with Gasteiger partial charge in [-0.25, -0.2) is 15.1 Å². The lowest BCUT2D eigenvalue weighted by atomic mass is 9.99. The molecule has 0 fully saturated rings. The van der Waals surface area contributed by atoms with Gasteiger partial charge in [0.05, 0.1) is 7.11 Å². The summed E-state index contributed by atoms with van der Waals surface area (Å²) < 4.78 is 26.1. The second-order valence-corrected chi connectivity index (χ2v) is 9.40. The van der Waals surface area contributed by atoms with E-state index in [1.54, 1.807) is 31.4 Å². The van der Waals surface area contributed by atoms with Crippen molar-refractivity contribution in [1.29, 1.82) is 5.53 Å². The summed E-state index contributed by atoms with van der Waals surface area (Å²) in [5.41, 5.74) is 11.4. The first-order valence-corrected chi connectivity index (χ1v) is 12.9. The zero-order chi connectivity index (χ0) is 29.4. The number of rotatable bonds is 12. The lowest BCUT2D eigenvalue weighted by molar-refractivity contribution is -0.141. The van der Waals surface area contributed by atoms with Gasteiger partial charge in [0.2, 0.25) is 11.6 Å². The maximum atomic E-state index is 12.9. The van der Waals surface area contributed by atoms with Crippen molar-refractivity contribution in [2.75, 3.05) is 7.11 Å². The van der Waals surface area contributed by atoms with Crippen molar-refractivity contribution >= 4 is 5.97 Å². The predicted octanol–water partition coefficient (Wildman–Crippen LogP) is 6.45. The molecule has 3 aromatic carbocycles. The van der Waals surface area contributed by atoms with E-state index in [9.17, 15) is 9.59 Å². The number of carbonyl (C=O) groups excluding carboxylic acids is 1. The van der Waals surface area contributed by atoms with Gasteiger partial charge in [-0.15, -0.1) is 5.11 Å². The Balaban J connectivity index is 1.56. The van der Waals surface area contributed by atoms with Gasteiger partial charge in [0, 0.05) is 6.54 Å². The number of methoxy groups -OCH3 is 1. The molecule has 1 aromatic heterocycles. The number of carbonyl (C=O) groups is 1. The van der Waals surface area contributed by atoms with Crippen LogP contribution in [-0.4, -0.2) is 13.1 Å². The molecule has 4 aromatic rings. The zero-order valence-corrected chi connectivity index (χ0v) is 23.2. The van der Waals surface area contributed by atoms with E-state index in [4.69, 9.17) is 28.6 Å². The highest BCUT2D eigenvalue weighted by molar-refractivity contribution is 5.88. The fourth-order valence-corrected chi connectivity index (χ4v) is 3.88. The number of nitrogens with one attached hydrogen (secondary N) is 2. The molecule has 10 nitrogen and oxygen atoms in total. The molecule has 0 amide bonds. The molecule has 2 N–H and O–H groups in total. The van der Waals surface area contributed by atoms with Crippen molar-refractivity contribution in [3.63, 3.8) is 0 Å². The van der Waals surface area contributed by atoms with Gasteiger partial charge in [-0.2, -0.15) is 0 Å². The Morgan fingerprint density at radius 3 is 2.07 bits per heavy atom. The molecule has 0 spiro atoms. The van der Waals surface area contributed by atoms with Crippen LogP contribution in [0.4, 0.5) is 0 Å². The van der Waals surface area contributed by atoms with Crippen molar-refractivity contribution in [3.05, 3.63) is 118 Å². The van der Waals surface area contributed by atoms with Crippen molar-refractivity contribution in [2.45, 2.75) is 39.8 Å². The first kappa shape index (κ1) is 28.9. The molecular weight excluding hydrogens is 526 g/mol. The highest BCUT2D eigenvalue weighted by Crippen LogP contribution is 2.26. The van der Waals surface area contributed by atoms with Crippen LogP contribution in [0.1, 0.15) is 42.4 Å². The summed E-state index contributed by atoms with van der Waals surface area (Å²) in [5.74, 6) is -0.146. The van der Waals surface area contributed by atoms with Crippen molar-refractivity contribution < 1.29 is 27.8 Å². The van der Waals surface area contributed by atoms with E-state index in [0.29, 0.717) is 17.4 Å². The van der Waals surface area contributed by atoms with Gasteiger partial charge in [0.15, 0.2) is 18.1 Å². The van der Waals surface area contributed by atoms with Crippen LogP contribution in [0, 0.1) is 12.5 Å². The van der Waals surface area contributed by atoms with Gasteiger partial charge in [-0.1, -0.05) is 62.4 Å². The second kappa shape index (κ2) is 13.3. The summed E-state index contributed by atoms with van der Waals surface area (Å²) in [7, 11) is 1.58. The zero-order valence-electron chi connectivity index (χ0n) is 23.2. The minimum absolute atomic E-state index is 0.0540. The lowest BCUT2D eigenvalue weighted by Crippen LogP contribution is -2.23. The molecule has 0 radical (unpaired) electrons. The van der Waals surface area contributed by atoms with E-state index in [1.165, 1.54) is 12.5 Å². The fraction of sp³-hybridized carbons (Fsp3) is 0.226. The minimum atomic E-state index is -0.956. The molecule has 4 rings (SSSR count). The summed E-state index contributed by atoms with van der Waals surface area (Å²) in [6.45, 7) is 5.68. The summed E-state index contributed by atoms with van der Waals surface area (Å²) in [6.07, 6.45) is 0. The molecular formula is C31H31N3O7. The summed E-state index contributed by atoms with van der Waals surface area (Å²) >= 11 is 0. The Morgan fingerprint density at radius 1 is 0.927 bits per heavy atom. The molecule has 41 heavy (non-hydrogen) atoms. The van der Waals surface area contributed by atoms with E-state index in [-0.39, 0.29) is 30.6 Å². The van der Waals surface area contributed by atoms with E-state index in [0.717, 1.165) is 16.7 Å². The smallest absolute Gasteiger partial charge is 0.497 e. The van der Waals surface area contributed by atoms with Gasteiger partial charge in [-0.3, -0.25) is 0 Å². The van der Waals surface area contributed by atoms with E-state index in [1.807, 2.05) is 24.3 Å². The molecule has 0 saturated carbocycles. The number of hydrogen-bond donors (Lipinski definition) is 2. The van der Waals surface area contributed by atoms with Crippen LogP contribution in [0.5, 0.6) is 11.5 Å². The molecule has 0 aliphatic rings. The van der Waals surface area contributed by atoms with Crippen LogP contribution >= 0.6 is 0 Å². The number of esters is 1. The van der Waals surface area contributed by atoms with Crippen LogP contribution in [-0.2, 0) is 22.7 Å². The fourth-order valence-electron chi connectivity index (χ4n) is 3.88. The molecule has 0 bridgehead atoms. The van der Waals surface area contributed by atoms with Crippen molar-refractivity contribution in [3.8, 4) is 22.6 Å². The average molecular weight is 558 g/mol. The van der Waals surface area contributed by atoms with Crippen LogP contribution < -0.4 is 20.6 Å². The Kier molecular flexibility index (Phi) is 9.36. The molecule has 0 aliphatic carbocycles. The monoisotopic (exact) mass is 557 g/mol. The third-order valence-corrected chi connectivity index (χ3v) is 6.29. The third kappa shape index (κ3) is 7.51. The molecule has 212 valence electrons. The summed E-state index contributed by atoms with van der Waals surface area (Å²) in [6, 6.07) is 23.0. The SMILES string of the molecule is COc1ccc(CN/C(Oc2ccc(-c3ccc(C(C)C)cc3)cc2)=C(\N=N)C(=O)OCc2oc(=O)oc2C)cc1. The number of ether oxygens (including phenoxy) is 3. The van der Waals surface area contributed by atoms with Gasteiger partial charge < -0.3 is 28.4 Å². The topological polar surface area (TPSA) is 136 Å². The molecule has 1 heterocycles. The molecule has 0 aliphatic heterocycles. The largest absolute Gasteiger partial charge is 0.519 e. The molecule has 0 atom stereocenters. The van der Waals surface area contributed by atoms with Gasteiger partial charge >= 0.3 is 11.8 Å².